The smallest absolute Gasteiger partial charge is 0.215 e. The molecule has 0 radical (unpaired) electrons. The van der Waals surface area contributed by atoms with E-state index in [4.69, 9.17) is 12.3 Å². The van der Waals surface area contributed by atoms with Crippen molar-refractivity contribution in [1.82, 2.24) is 0 Å². The van der Waals surface area contributed by atoms with E-state index in [1.807, 2.05) is 0 Å². The molecule has 0 aliphatic carbocycles. The zero-order valence-electron chi connectivity index (χ0n) is 5.44. The van der Waals surface area contributed by atoms with Crippen molar-refractivity contribution >= 4 is 11.4 Å². The summed E-state index contributed by atoms with van der Waals surface area (Å²) in [6.45, 7) is 6.49. The number of benzene rings is 1. The van der Waals surface area contributed by atoms with Gasteiger partial charge in [-0.2, -0.15) is 0 Å². The molecule has 0 amide bonds. The second-order valence-corrected chi connectivity index (χ2v) is 1.93. The molecule has 56 valence electrons. The lowest BCUT2D eigenvalue weighted by atomic mass is 10.2. The van der Waals surface area contributed by atoms with Gasteiger partial charge < -0.3 is 5.73 Å². The van der Waals surface area contributed by atoms with Gasteiger partial charge in [0, 0.05) is 6.07 Å². The molecule has 4 heteroatoms. The number of nitrogens with two attached hydrogens (primary N) is 1. The van der Waals surface area contributed by atoms with Crippen LogP contribution in [0.4, 0.5) is 20.2 Å². The summed E-state index contributed by atoms with van der Waals surface area (Å²) in [6, 6.07) is 1.54. The highest BCUT2D eigenvalue weighted by Crippen LogP contribution is 2.25. The summed E-state index contributed by atoms with van der Waals surface area (Å²) >= 11 is 0. The highest BCUT2D eigenvalue weighted by atomic mass is 19.1. The number of nitrogens with zero attached hydrogens (tertiary/aromatic N) is 1. The molecule has 1 aromatic carbocycles. The maximum Gasteiger partial charge on any atom is 0.215 e. The minimum absolute atomic E-state index is 0.192. The number of hydrogen-bond acceptors (Lipinski definition) is 1. The van der Waals surface area contributed by atoms with Gasteiger partial charge in [0.2, 0.25) is 5.69 Å². The normalized spacial score (nSPS) is 9.18. The molecule has 0 fully saturated rings. The Morgan fingerprint density at radius 1 is 1.36 bits per heavy atom. The van der Waals surface area contributed by atoms with E-state index in [2.05, 4.69) is 4.85 Å². The average molecular weight is 154 g/mol. The van der Waals surface area contributed by atoms with Crippen molar-refractivity contribution in [2.75, 3.05) is 5.73 Å². The van der Waals surface area contributed by atoms with Crippen molar-refractivity contribution in [2.45, 2.75) is 0 Å². The Labute approximate surface area is 62.1 Å². The maximum atomic E-state index is 12.5. The molecule has 0 saturated heterocycles. The molecule has 0 saturated carbocycles. The van der Waals surface area contributed by atoms with Gasteiger partial charge in [0.25, 0.3) is 0 Å². The maximum absolute atomic E-state index is 12.5. The van der Waals surface area contributed by atoms with E-state index in [0.29, 0.717) is 6.07 Å². The molecule has 11 heavy (non-hydrogen) atoms. The predicted octanol–water partition coefficient (Wildman–Crippen LogP) is 2.10. The molecule has 0 aliphatic rings. The lowest BCUT2D eigenvalue weighted by Crippen LogP contribution is -1.91. The summed E-state index contributed by atoms with van der Waals surface area (Å²) in [6.07, 6.45) is 0. The highest BCUT2D eigenvalue weighted by Gasteiger charge is 2.06. The third-order valence-electron chi connectivity index (χ3n) is 1.19. The van der Waals surface area contributed by atoms with Crippen molar-refractivity contribution in [2.24, 2.45) is 0 Å². The predicted molar refractivity (Wildman–Crippen MR) is 37.0 cm³/mol. The van der Waals surface area contributed by atoms with Crippen LogP contribution in [-0.4, -0.2) is 0 Å². The fourth-order valence-electron chi connectivity index (χ4n) is 0.664. The van der Waals surface area contributed by atoms with Crippen LogP contribution in [0.25, 0.3) is 4.85 Å². The largest absolute Gasteiger partial charge is 0.405 e. The summed E-state index contributed by atoms with van der Waals surface area (Å²) in [4.78, 5) is 2.84. The molecule has 1 aromatic rings. The van der Waals surface area contributed by atoms with Gasteiger partial charge in [0.05, 0.1) is 12.3 Å². The van der Waals surface area contributed by atoms with Crippen molar-refractivity contribution in [3.05, 3.63) is 35.2 Å². The number of hydrogen-bond donors (Lipinski definition) is 1. The quantitative estimate of drug-likeness (QED) is 0.450. The molecule has 0 aromatic heterocycles. The molecule has 0 spiro atoms. The molecule has 0 bridgehead atoms. The van der Waals surface area contributed by atoms with Gasteiger partial charge in [-0.15, -0.1) is 0 Å². The summed E-state index contributed by atoms with van der Waals surface area (Å²) < 4.78 is 24.9. The lowest BCUT2D eigenvalue weighted by molar-refractivity contribution is 0.587. The van der Waals surface area contributed by atoms with Crippen LogP contribution in [0.3, 0.4) is 0 Å². The van der Waals surface area contributed by atoms with E-state index in [1.54, 1.807) is 0 Å². The minimum atomic E-state index is -0.893. The van der Waals surface area contributed by atoms with Crippen LogP contribution in [-0.2, 0) is 0 Å². The zero-order valence-corrected chi connectivity index (χ0v) is 5.44. The van der Waals surface area contributed by atoms with Crippen molar-refractivity contribution < 1.29 is 8.78 Å². The van der Waals surface area contributed by atoms with E-state index in [0.717, 1.165) is 6.07 Å². The van der Waals surface area contributed by atoms with Crippen LogP contribution in [0.2, 0.25) is 0 Å². The third-order valence-corrected chi connectivity index (χ3v) is 1.19. The van der Waals surface area contributed by atoms with E-state index in [1.165, 1.54) is 0 Å². The fraction of sp³-hybridized carbons (Fsp3) is 0. The van der Waals surface area contributed by atoms with E-state index in [-0.39, 0.29) is 11.4 Å². The van der Waals surface area contributed by atoms with Gasteiger partial charge >= 0.3 is 0 Å². The molecule has 1 rings (SSSR count). The molecule has 0 atom stereocenters. The summed E-state index contributed by atoms with van der Waals surface area (Å²) in [5.41, 5.74) is 4.61. The second kappa shape index (κ2) is 2.54. The average Bonchev–Trinajstić information content (AvgIpc) is 1.96. The first-order valence-corrected chi connectivity index (χ1v) is 2.77. The number of anilines is 1. The molecule has 0 heterocycles. The van der Waals surface area contributed by atoms with Crippen LogP contribution in [0.1, 0.15) is 0 Å². The van der Waals surface area contributed by atoms with Crippen LogP contribution >= 0.6 is 0 Å². The number of rotatable bonds is 0. The Bertz CT molecular complexity index is 328. The first-order valence-electron chi connectivity index (χ1n) is 2.77. The highest BCUT2D eigenvalue weighted by molar-refractivity contribution is 5.67. The molecule has 2 nitrogen and oxygen atoms in total. The molecule has 0 unspecified atom stereocenters. The Balaban J connectivity index is 3.39. The topological polar surface area (TPSA) is 30.4 Å². The molecule has 2 N–H and O–H groups in total. The first kappa shape index (κ1) is 7.48. The lowest BCUT2D eigenvalue weighted by Gasteiger charge is -1.97. The van der Waals surface area contributed by atoms with Crippen LogP contribution < -0.4 is 5.73 Å². The van der Waals surface area contributed by atoms with Gasteiger partial charge in [-0.25, -0.2) is 13.6 Å². The second-order valence-electron chi connectivity index (χ2n) is 1.93. The molecular weight excluding hydrogens is 150 g/mol. The van der Waals surface area contributed by atoms with E-state index in [9.17, 15) is 8.78 Å². The standard InChI is InChI=1S/C7H4F2N2/c1-11-6-3-4(8)2-5(9)7(6)10/h2-3H,10H2. The minimum Gasteiger partial charge on any atom is -0.405 e. The van der Waals surface area contributed by atoms with Gasteiger partial charge in [0.15, 0.2) is 0 Å². The first-order chi connectivity index (χ1) is 5.15. The molecular formula is C7H4F2N2. The van der Waals surface area contributed by atoms with Gasteiger partial charge in [-0.05, 0) is 6.07 Å². The van der Waals surface area contributed by atoms with Crippen LogP contribution in [0, 0.1) is 18.2 Å². The molecule has 0 aliphatic heterocycles. The van der Waals surface area contributed by atoms with Crippen molar-refractivity contribution in [3.8, 4) is 0 Å². The number of nitrogen functional groups attached to an aromatic ring is 1. The van der Waals surface area contributed by atoms with Crippen LogP contribution in [0.15, 0.2) is 12.1 Å². The third kappa shape index (κ3) is 1.27. The zero-order chi connectivity index (χ0) is 8.43. The van der Waals surface area contributed by atoms with Gasteiger partial charge in [-0.3, -0.25) is 0 Å². The van der Waals surface area contributed by atoms with Crippen molar-refractivity contribution in [1.29, 1.82) is 0 Å². The SMILES string of the molecule is [C-]#[N+]c1cc(F)cc(F)c1N. The van der Waals surface area contributed by atoms with Crippen molar-refractivity contribution in [3.63, 3.8) is 0 Å². The van der Waals surface area contributed by atoms with Gasteiger partial charge in [-0.1, -0.05) is 0 Å². The number of halogens is 2. The Morgan fingerprint density at radius 3 is 2.55 bits per heavy atom. The fourth-order valence-corrected chi connectivity index (χ4v) is 0.664. The van der Waals surface area contributed by atoms with E-state index >= 15 is 0 Å². The Kier molecular flexibility index (Phi) is 1.73. The Hall–Kier alpha value is -1.63. The summed E-state index contributed by atoms with van der Waals surface area (Å²) in [7, 11) is 0. The van der Waals surface area contributed by atoms with E-state index < -0.39 is 11.6 Å². The Morgan fingerprint density at radius 2 is 2.00 bits per heavy atom. The summed E-state index contributed by atoms with van der Waals surface area (Å²) in [5.74, 6) is -1.68. The monoisotopic (exact) mass is 154 g/mol. The van der Waals surface area contributed by atoms with Crippen LogP contribution in [0.5, 0.6) is 0 Å². The van der Waals surface area contributed by atoms with Gasteiger partial charge in [0.1, 0.15) is 11.6 Å². The summed E-state index contributed by atoms with van der Waals surface area (Å²) in [5, 5.41) is 0.